The summed E-state index contributed by atoms with van der Waals surface area (Å²) in [5.41, 5.74) is 7.96. The molecule has 174 valence electrons. The Morgan fingerprint density at radius 1 is 1.06 bits per heavy atom. The highest BCUT2D eigenvalue weighted by atomic mass is 35.5. The van der Waals surface area contributed by atoms with Crippen molar-refractivity contribution in [2.24, 2.45) is 0 Å². The van der Waals surface area contributed by atoms with Crippen molar-refractivity contribution in [3.63, 3.8) is 0 Å². The topological polar surface area (TPSA) is 83.3 Å². The molecule has 10 heteroatoms. The van der Waals surface area contributed by atoms with Gasteiger partial charge in [0.15, 0.2) is 0 Å². The maximum Gasteiger partial charge on any atom is 0.246 e. The molecule has 0 amide bonds. The molecule has 0 radical (unpaired) electrons. The van der Waals surface area contributed by atoms with Gasteiger partial charge in [-0.2, -0.15) is 4.98 Å². The van der Waals surface area contributed by atoms with Crippen LogP contribution in [0, 0.1) is 0 Å². The smallest absolute Gasteiger partial charge is 0.246 e. The third-order valence-corrected chi connectivity index (χ3v) is 7.17. The van der Waals surface area contributed by atoms with Crippen molar-refractivity contribution in [2.75, 3.05) is 30.3 Å². The summed E-state index contributed by atoms with van der Waals surface area (Å²) in [6, 6.07) is 12.3. The number of aromatic nitrogens is 3. The lowest BCUT2D eigenvalue weighted by Gasteiger charge is -2.41. The van der Waals surface area contributed by atoms with E-state index >= 15 is 0 Å². The Bertz CT molecular complexity index is 1110. The lowest BCUT2D eigenvalue weighted by Crippen LogP contribution is -2.50. The first-order chi connectivity index (χ1) is 16.0. The summed E-state index contributed by atoms with van der Waals surface area (Å²) >= 11 is 18.9. The molecule has 3 heterocycles. The van der Waals surface area contributed by atoms with Crippen LogP contribution >= 0.6 is 34.8 Å². The number of fused-ring (bicyclic) bond motifs is 1. The second-order valence-electron chi connectivity index (χ2n) is 8.58. The van der Waals surface area contributed by atoms with E-state index in [9.17, 15) is 0 Å². The summed E-state index contributed by atoms with van der Waals surface area (Å²) in [6.07, 6.45) is 2.82. The minimum Gasteiger partial charge on any atom is -0.490 e. The van der Waals surface area contributed by atoms with Gasteiger partial charge >= 0.3 is 0 Å². The Morgan fingerprint density at radius 2 is 1.82 bits per heavy atom. The maximum atomic E-state index is 6.49. The van der Waals surface area contributed by atoms with Crippen LogP contribution in [0.5, 0.6) is 5.75 Å². The van der Waals surface area contributed by atoms with E-state index in [0.29, 0.717) is 34.6 Å². The first-order valence-corrected chi connectivity index (χ1v) is 12.1. The molecule has 3 aromatic rings. The quantitative estimate of drug-likeness (QED) is 0.527. The van der Waals surface area contributed by atoms with Gasteiger partial charge in [0.05, 0.1) is 5.02 Å². The summed E-state index contributed by atoms with van der Waals surface area (Å²) in [7, 11) is 0. The fourth-order valence-corrected chi connectivity index (χ4v) is 5.51. The molecule has 0 saturated carbocycles. The molecule has 1 fully saturated rings. The number of H-pyrrole nitrogens is 1. The first kappa shape index (κ1) is 22.6. The minimum atomic E-state index is 0.184. The van der Waals surface area contributed by atoms with Gasteiger partial charge in [0.2, 0.25) is 11.9 Å². The predicted octanol–water partition coefficient (Wildman–Crippen LogP) is 4.82. The maximum absolute atomic E-state index is 6.49. The molecule has 2 aliphatic heterocycles. The number of nitrogen functional groups attached to an aromatic ring is 1. The number of aromatic amines is 1. The van der Waals surface area contributed by atoms with Crippen LogP contribution in [-0.4, -0.2) is 51.9 Å². The largest absolute Gasteiger partial charge is 0.490 e. The van der Waals surface area contributed by atoms with Crippen LogP contribution in [0.3, 0.4) is 0 Å². The van der Waals surface area contributed by atoms with Gasteiger partial charge in [-0.15, -0.1) is 5.10 Å². The molecule has 7 nitrogen and oxygen atoms in total. The Hall–Kier alpha value is -2.19. The van der Waals surface area contributed by atoms with Crippen LogP contribution in [0.2, 0.25) is 15.1 Å². The number of hydrogen-bond acceptors (Lipinski definition) is 6. The SMILES string of the molecule is Nc1nc(N2CCC(N3Cc4cc(Cl)cc(Cl)c4OCC3Cc3ccc(Cl)cc3)CC2)n[nH]1. The van der Waals surface area contributed by atoms with Crippen molar-refractivity contribution in [3.8, 4) is 5.75 Å². The van der Waals surface area contributed by atoms with Crippen LogP contribution in [0.25, 0.3) is 0 Å². The lowest BCUT2D eigenvalue weighted by molar-refractivity contribution is 0.0833. The zero-order valence-corrected chi connectivity index (χ0v) is 20.2. The Morgan fingerprint density at radius 3 is 2.52 bits per heavy atom. The molecule has 2 aliphatic rings. The highest BCUT2D eigenvalue weighted by Crippen LogP contribution is 2.37. The third kappa shape index (κ3) is 5.01. The van der Waals surface area contributed by atoms with E-state index in [2.05, 4.69) is 37.1 Å². The van der Waals surface area contributed by atoms with Crippen LogP contribution in [0.15, 0.2) is 36.4 Å². The molecule has 0 spiro atoms. The molecule has 1 saturated heterocycles. The van der Waals surface area contributed by atoms with Crippen molar-refractivity contribution in [1.82, 2.24) is 20.1 Å². The van der Waals surface area contributed by atoms with Crippen LogP contribution in [0.4, 0.5) is 11.9 Å². The summed E-state index contributed by atoms with van der Waals surface area (Å²) in [4.78, 5) is 9.00. The zero-order chi connectivity index (χ0) is 22.9. The molecule has 1 atom stereocenters. The summed E-state index contributed by atoms with van der Waals surface area (Å²) in [5, 5.41) is 8.85. The van der Waals surface area contributed by atoms with Gasteiger partial charge in [-0.05, 0) is 49.1 Å². The fraction of sp³-hybridized carbons (Fsp3) is 0.391. The monoisotopic (exact) mass is 506 g/mol. The number of benzene rings is 2. The van der Waals surface area contributed by atoms with E-state index < -0.39 is 0 Å². The number of anilines is 2. The molecule has 5 rings (SSSR count). The van der Waals surface area contributed by atoms with E-state index in [-0.39, 0.29) is 6.04 Å². The highest BCUT2D eigenvalue weighted by molar-refractivity contribution is 6.35. The van der Waals surface area contributed by atoms with Crippen molar-refractivity contribution in [3.05, 3.63) is 62.6 Å². The average Bonchev–Trinajstić information content (AvgIpc) is 3.15. The molecule has 1 aromatic heterocycles. The van der Waals surface area contributed by atoms with E-state index in [1.165, 1.54) is 5.56 Å². The molecule has 33 heavy (non-hydrogen) atoms. The second-order valence-corrected chi connectivity index (χ2v) is 9.86. The van der Waals surface area contributed by atoms with Gasteiger partial charge in [-0.25, -0.2) is 5.10 Å². The molecule has 2 aromatic carbocycles. The normalized spacial score (nSPS) is 19.7. The molecule has 0 bridgehead atoms. The fourth-order valence-electron chi connectivity index (χ4n) is 4.79. The number of rotatable bonds is 4. The van der Waals surface area contributed by atoms with E-state index in [1.54, 1.807) is 6.07 Å². The van der Waals surface area contributed by atoms with Gasteiger partial charge in [-0.3, -0.25) is 4.90 Å². The Labute approximate surface area is 207 Å². The number of nitrogens with two attached hydrogens (primary N) is 1. The standard InChI is InChI=1S/C23H25Cl3N6O/c24-16-3-1-14(2-4-16)9-19-13-33-21-15(10-17(25)11-20(21)26)12-32(19)18-5-7-31(8-6-18)23-28-22(27)29-30-23/h1-4,10-11,18-19H,5-9,12-13H2,(H3,27,28,29,30). The summed E-state index contributed by atoms with van der Waals surface area (Å²) in [6.45, 7) is 2.99. The molecular formula is C23H25Cl3N6O. The Kier molecular flexibility index (Phi) is 6.56. The molecular weight excluding hydrogens is 483 g/mol. The van der Waals surface area contributed by atoms with Crippen molar-refractivity contribution < 1.29 is 4.74 Å². The van der Waals surface area contributed by atoms with Gasteiger partial charge in [0.1, 0.15) is 12.4 Å². The second kappa shape index (κ2) is 9.58. The first-order valence-electron chi connectivity index (χ1n) is 11.0. The highest BCUT2D eigenvalue weighted by Gasteiger charge is 2.34. The minimum absolute atomic E-state index is 0.184. The van der Waals surface area contributed by atoms with Crippen LogP contribution in [-0.2, 0) is 13.0 Å². The van der Waals surface area contributed by atoms with Crippen LogP contribution < -0.4 is 15.4 Å². The zero-order valence-electron chi connectivity index (χ0n) is 18.0. The predicted molar refractivity (Wildman–Crippen MR) is 132 cm³/mol. The lowest BCUT2D eigenvalue weighted by atomic mass is 9.97. The average molecular weight is 508 g/mol. The Balaban J connectivity index is 1.39. The van der Waals surface area contributed by atoms with Crippen LogP contribution in [0.1, 0.15) is 24.0 Å². The van der Waals surface area contributed by atoms with Crippen molar-refractivity contribution >= 4 is 46.7 Å². The molecule has 0 aliphatic carbocycles. The number of hydrogen-bond donors (Lipinski definition) is 2. The van der Waals surface area contributed by atoms with E-state index in [0.717, 1.165) is 55.2 Å². The van der Waals surface area contributed by atoms with Crippen molar-refractivity contribution in [1.29, 1.82) is 0 Å². The number of nitrogens with one attached hydrogen (secondary N) is 1. The van der Waals surface area contributed by atoms with Crippen molar-refractivity contribution in [2.45, 2.75) is 37.9 Å². The van der Waals surface area contributed by atoms with E-state index in [1.807, 2.05) is 18.2 Å². The molecule has 1 unspecified atom stereocenters. The number of halogens is 3. The van der Waals surface area contributed by atoms with Gasteiger partial charge in [-0.1, -0.05) is 46.9 Å². The van der Waals surface area contributed by atoms with E-state index in [4.69, 9.17) is 45.3 Å². The van der Waals surface area contributed by atoms with Gasteiger partial charge in [0, 0.05) is 47.3 Å². The number of nitrogens with zero attached hydrogens (tertiary/aromatic N) is 4. The van der Waals surface area contributed by atoms with Gasteiger partial charge < -0.3 is 15.4 Å². The number of piperidine rings is 1. The summed E-state index contributed by atoms with van der Waals surface area (Å²) in [5.74, 6) is 1.73. The summed E-state index contributed by atoms with van der Waals surface area (Å²) < 4.78 is 6.25. The van der Waals surface area contributed by atoms with Gasteiger partial charge in [0.25, 0.3) is 0 Å². The number of ether oxygens (including phenoxy) is 1. The molecule has 3 N–H and O–H groups in total. The third-order valence-electron chi connectivity index (χ3n) is 6.42.